The van der Waals surface area contributed by atoms with E-state index in [1.165, 1.54) is 10.3 Å². The molecule has 0 amide bonds. The summed E-state index contributed by atoms with van der Waals surface area (Å²) in [6.07, 6.45) is 0.651. The van der Waals surface area contributed by atoms with Crippen molar-refractivity contribution in [2.45, 2.75) is 43.6 Å². The second kappa shape index (κ2) is 6.11. The Morgan fingerprint density at radius 1 is 1.30 bits per heavy atom. The Hall–Kier alpha value is -1.05. The summed E-state index contributed by atoms with van der Waals surface area (Å²) in [6, 6.07) is 6.28. The lowest BCUT2D eigenvalue weighted by Crippen LogP contribution is -2.59. The van der Waals surface area contributed by atoms with Crippen molar-refractivity contribution in [3.63, 3.8) is 0 Å². The van der Waals surface area contributed by atoms with Gasteiger partial charge >= 0.3 is 0 Å². The molecule has 0 aliphatic carbocycles. The van der Waals surface area contributed by atoms with Crippen LogP contribution in [0.1, 0.15) is 24.8 Å². The van der Waals surface area contributed by atoms with Crippen LogP contribution < -0.4 is 0 Å². The summed E-state index contributed by atoms with van der Waals surface area (Å²) in [5.41, 5.74) is 3.72. The van der Waals surface area contributed by atoms with E-state index in [4.69, 9.17) is 4.74 Å². The van der Waals surface area contributed by atoms with Crippen molar-refractivity contribution in [2.75, 3.05) is 19.7 Å². The fraction of sp³-hybridized carbons (Fsp3) is 0.588. The molecule has 0 radical (unpaired) electrons. The first-order valence-electron chi connectivity index (χ1n) is 8.21. The number of aliphatic hydroxyl groups is 2. The van der Waals surface area contributed by atoms with Crippen LogP contribution in [0.15, 0.2) is 23.7 Å². The van der Waals surface area contributed by atoms with Crippen LogP contribution in [0.2, 0.25) is 0 Å². The topological polar surface area (TPSA) is 65.8 Å². The smallest absolute Gasteiger partial charge is 0.109 e. The number of thiazole rings is 1. The number of ether oxygens (including phenoxy) is 1. The highest BCUT2D eigenvalue weighted by atomic mass is 32.1. The molecule has 2 aliphatic rings. The maximum atomic E-state index is 10.3. The lowest BCUT2D eigenvalue weighted by molar-refractivity contribution is -0.214. The minimum Gasteiger partial charge on any atom is -0.390 e. The monoisotopic (exact) mass is 334 g/mol. The van der Waals surface area contributed by atoms with Gasteiger partial charge < -0.3 is 14.9 Å². The average molecular weight is 334 g/mol. The van der Waals surface area contributed by atoms with Gasteiger partial charge in [0.2, 0.25) is 0 Å². The predicted octanol–water partition coefficient (Wildman–Crippen LogP) is 1.77. The molecular weight excluding hydrogens is 312 g/mol. The van der Waals surface area contributed by atoms with Gasteiger partial charge in [-0.25, -0.2) is 4.98 Å². The summed E-state index contributed by atoms with van der Waals surface area (Å²) < 4.78 is 7.16. The maximum absolute atomic E-state index is 10.3. The minimum atomic E-state index is -0.761. The molecule has 2 atom stereocenters. The molecule has 124 valence electrons. The van der Waals surface area contributed by atoms with Gasteiger partial charge in [0.25, 0.3) is 0 Å². The zero-order valence-electron chi connectivity index (χ0n) is 13.0. The van der Waals surface area contributed by atoms with E-state index >= 15 is 0 Å². The summed E-state index contributed by atoms with van der Waals surface area (Å²) >= 11 is 1.69. The third-order valence-corrected chi connectivity index (χ3v) is 6.16. The van der Waals surface area contributed by atoms with Crippen molar-refractivity contribution in [3.05, 3.63) is 29.3 Å². The summed E-state index contributed by atoms with van der Waals surface area (Å²) in [7, 11) is 0. The first kappa shape index (κ1) is 15.5. The number of hydrogen-bond acceptors (Lipinski definition) is 6. The van der Waals surface area contributed by atoms with Crippen LogP contribution in [0.3, 0.4) is 0 Å². The van der Waals surface area contributed by atoms with Gasteiger partial charge in [0.05, 0.1) is 34.0 Å². The van der Waals surface area contributed by atoms with Crippen molar-refractivity contribution in [3.8, 4) is 0 Å². The number of piperidine rings is 1. The van der Waals surface area contributed by atoms with E-state index in [0.29, 0.717) is 13.0 Å². The second-order valence-electron chi connectivity index (χ2n) is 6.61. The van der Waals surface area contributed by atoms with Crippen LogP contribution in [0, 0.1) is 0 Å². The zero-order chi connectivity index (χ0) is 15.9. The normalized spacial score (nSPS) is 28.4. The SMILES string of the molecule is O[C@H]1CCOC2(CCN(Cc3cccc4ncsc34)CC2)[C@H]1O. The molecule has 6 heteroatoms. The average Bonchev–Trinajstić information content (AvgIpc) is 3.04. The van der Waals surface area contributed by atoms with Gasteiger partial charge in [0, 0.05) is 19.6 Å². The predicted molar refractivity (Wildman–Crippen MR) is 89.4 cm³/mol. The molecule has 2 fully saturated rings. The van der Waals surface area contributed by atoms with Gasteiger partial charge in [-0.2, -0.15) is 0 Å². The van der Waals surface area contributed by atoms with E-state index in [-0.39, 0.29) is 0 Å². The highest BCUT2D eigenvalue weighted by Gasteiger charge is 2.47. The third kappa shape index (κ3) is 2.79. The van der Waals surface area contributed by atoms with Gasteiger partial charge in [-0.1, -0.05) is 12.1 Å². The van der Waals surface area contributed by atoms with Gasteiger partial charge in [0.15, 0.2) is 0 Å². The van der Waals surface area contributed by atoms with E-state index in [2.05, 4.69) is 22.0 Å². The molecule has 1 aromatic heterocycles. The number of likely N-dealkylation sites (tertiary alicyclic amines) is 1. The Morgan fingerprint density at radius 2 is 2.13 bits per heavy atom. The lowest BCUT2D eigenvalue weighted by Gasteiger charge is -2.48. The largest absolute Gasteiger partial charge is 0.390 e. The van der Waals surface area contributed by atoms with Crippen molar-refractivity contribution in [2.24, 2.45) is 0 Å². The number of rotatable bonds is 2. The van der Waals surface area contributed by atoms with Gasteiger partial charge in [-0.05, 0) is 30.9 Å². The molecule has 2 saturated heterocycles. The van der Waals surface area contributed by atoms with Gasteiger partial charge in [-0.3, -0.25) is 4.90 Å². The number of fused-ring (bicyclic) bond motifs is 1. The third-order valence-electron chi connectivity index (χ3n) is 5.24. The molecule has 23 heavy (non-hydrogen) atoms. The Labute approximate surface area is 139 Å². The van der Waals surface area contributed by atoms with Crippen molar-refractivity contribution < 1.29 is 14.9 Å². The molecule has 3 heterocycles. The van der Waals surface area contributed by atoms with Crippen LogP contribution in [-0.4, -0.2) is 57.6 Å². The Balaban J connectivity index is 1.45. The number of benzene rings is 1. The quantitative estimate of drug-likeness (QED) is 0.876. The number of hydrogen-bond donors (Lipinski definition) is 2. The van der Waals surface area contributed by atoms with E-state index in [1.807, 2.05) is 11.6 Å². The van der Waals surface area contributed by atoms with Crippen LogP contribution in [0.5, 0.6) is 0 Å². The lowest BCUT2D eigenvalue weighted by atomic mass is 9.80. The van der Waals surface area contributed by atoms with Crippen LogP contribution >= 0.6 is 11.3 Å². The van der Waals surface area contributed by atoms with Gasteiger partial charge in [0.1, 0.15) is 6.10 Å². The standard InChI is InChI=1S/C17H22N2O3S/c20-14-4-9-22-17(16(14)21)5-7-19(8-6-17)10-12-2-1-3-13-15(12)23-11-18-13/h1-3,11,14,16,20-21H,4-10H2/t14-,16-/m0/s1. The molecule has 0 saturated carbocycles. The number of aromatic nitrogens is 1. The highest BCUT2D eigenvalue weighted by molar-refractivity contribution is 7.16. The molecule has 1 spiro atoms. The molecule has 4 rings (SSSR count). The molecule has 2 aliphatic heterocycles. The first-order valence-corrected chi connectivity index (χ1v) is 9.09. The van der Waals surface area contributed by atoms with E-state index < -0.39 is 17.8 Å². The summed E-state index contributed by atoms with van der Waals surface area (Å²) in [4.78, 5) is 6.78. The van der Waals surface area contributed by atoms with E-state index in [1.54, 1.807) is 11.3 Å². The highest BCUT2D eigenvalue weighted by Crippen LogP contribution is 2.36. The summed E-state index contributed by atoms with van der Waals surface area (Å²) in [5.74, 6) is 0. The fourth-order valence-electron chi connectivity index (χ4n) is 3.82. The van der Waals surface area contributed by atoms with E-state index in [0.717, 1.165) is 38.0 Å². The molecule has 2 aromatic rings. The summed E-state index contributed by atoms with van der Waals surface area (Å²) in [6.45, 7) is 3.19. The molecule has 0 bridgehead atoms. The Morgan fingerprint density at radius 3 is 2.96 bits per heavy atom. The van der Waals surface area contributed by atoms with Crippen LogP contribution in [-0.2, 0) is 11.3 Å². The van der Waals surface area contributed by atoms with Crippen LogP contribution in [0.4, 0.5) is 0 Å². The molecule has 0 unspecified atom stereocenters. The Kier molecular flexibility index (Phi) is 4.11. The van der Waals surface area contributed by atoms with Crippen LogP contribution in [0.25, 0.3) is 10.2 Å². The molecular formula is C17H22N2O3S. The zero-order valence-corrected chi connectivity index (χ0v) is 13.8. The molecule has 5 nitrogen and oxygen atoms in total. The Bertz CT molecular complexity index is 681. The maximum Gasteiger partial charge on any atom is 0.109 e. The van der Waals surface area contributed by atoms with Crippen molar-refractivity contribution >= 4 is 21.6 Å². The molecule has 2 N–H and O–H groups in total. The van der Waals surface area contributed by atoms with Crippen molar-refractivity contribution in [1.29, 1.82) is 0 Å². The second-order valence-corrected chi connectivity index (χ2v) is 7.46. The molecule has 1 aromatic carbocycles. The van der Waals surface area contributed by atoms with Gasteiger partial charge in [-0.15, -0.1) is 11.3 Å². The first-order chi connectivity index (χ1) is 11.2. The van der Waals surface area contributed by atoms with Crippen molar-refractivity contribution in [1.82, 2.24) is 9.88 Å². The number of nitrogens with zero attached hydrogens (tertiary/aromatic N) is 2. The summed E-state index contributed by atoms with van der Waals surface area (Å²) in [5, 5.41) is 20.3. The minimum absolute atomic E-state index is 0.528. The number of aliphatic hydroxyl groups excluding tert-OH is 2. The fourth-order valence-corrected chi connectivity index (χ4v) is 4.61. The van der Waals surface area contributed by atoms with E-state index in [9.17, 15) is 10.2 Å².